The zero-order chi connectivity index (χ0) is 38.2. The van der Waals surface area contributed by atoms with Crippen molar-refractivity contribution < 1.29 is 38.7 Å². The molecule has 0 aromatic rings. The van der Waals surface area contributed by atoms with Crippen molar-refractivity contribution >= 4 is 18.1 Å². The standard InChI is InChI=1S/C43H83NO8/c1-4-7-8-9-10-11-19-22-25-28-33-40(51-43(48)49-38-32-37-44(5-2)6-3)34-31-39-50-52-42(47)36-30-27-24-21-18-16-14-12-13-15-17-20-23-26-29-35-41(45)46/h40H,4-39H2,1-3H3,(H,45,46). The summed E-state index contributed by atoms with van der Waals surface area (Å²) in [6, 6.07) is 0. The maximum atomic E-state index is 12.4. The van der Waals surface area contributed by atoms with Crippen LogP contribution in [0.15, 0.2) is 0 Å². The van der Waals surface area contributed by atoms with E-state index in [-0.39, 0.29) is 18.7 Å². The molecule has 0 fully saturated rings. The van der Waals surface area contributed by atoms with Crippen molar-refractivity contribution in [1.29, 1.82) is 0 Å². The third kappa shape index (κ3) is 37.9. The third-order valence-electron chi connectivity index (χ3n) is 10.1. The van der Waals surface area contributed by atoms with Gasteiger partial charge in [0.1, 0.15) is 6.10 Å². The summed E-state index contributed by atoms with van der Waals surface area (Å²) in [5.74, 6) is -0.996. The average Bonchev–Trinajstić information content (AvgIpc) is 3.13. The lowest BCUT2D eigenvalue weighted by Gasteiger charge is -2.19. The molecule has 0 aliphatic carbocycles. The van der Waals surface area contributed by atoms with E-state index in [1.54, 1.807) is 0 Å². The number of carboxylic acids is 1. The molecular formula is C43H83NO8. The summed E-state index contributed by atoms with van der Waals surface area (Å²) >= 11 is 0. The van der Waals surface area contributed by atoms with Crippen LogP contribution in [0.1, 0.15) is 220 Å². The monoisotopic (exact) mass is 742 g/mol. The minimum absolute atomic E-state index is 0.220. The van der Waals surface area contributed by atoms with Crippen molar-refractivity contribution in [3.63, 3.8) is 0 Å². The van der Waals surface area contributed by atoms with E-state index in [9.17, 15) is 14.4 Å². The topological polar surface area (TPSA) is 112 Å². The van der Waals surface area contributed by atoms with E-state index in [4.69, 9.17) is 24.4 Å². The Kier molecular flexibility index (Phi) is 38.9. The lowest BCUT2D eigenvalue weighted by Crippen LogP contribution is -2.26. The van der Waals surface area contributed by atoms with E-state index in [2.05, 4.69) is 25.7 Å². The molecule has 0 rings (SSSR count). The third-order valence-corrected chi connectivity index (χ3v) is 10.1. The Morgan fingerprint density at radius 2 is 0.962 bits per heavy atom. The molecule has 0 aliphatic heterocycles. The van der Waals surface area contributed by atoms with Gasteiger partial charge in [-0.15, -0.1) is 0 Å². The largest absolute Gasteiger partial charge is 0.508 e. The van der Waals surface area contributed by atoms with Gasteiger partial charge in [0.05, 0.1) is 13.2 Å². The fourth-order valence-electron chi connectivity index (χ4n) is 6.64. The van der Waals surface area contributed by atoms with Crippen LogP contribution in [-0.2, 0) is 28.8 Å². The molecule has 1 N–H and O–H groups in total. The molecule has 308 valence electrons. The summed E-state index contributed by atoms with van der Waals surface area (Å²) in [4.78, 5) is 47.6. The van der Waals surface area contributed by atoms with Gasteiger partial charge in [-0.25, -0.2) is 9.59 Å². The van der Waals surface area contributed by atoms with Crippen LogP contribution in [0.25, 0.3) is 0 Å². The Hall–Kier alpha value is -1.87. The number of carboxylic acid groups (broad SMARTS) is 1. The minimum atomic E-state index is -0.682. The molecule has 0 saturated carbocycles. The first-order valence-electron chi connectivity index (χ1n) is 22.0. The maximum absolute atomic E-state index is 12.4. The van der Waals surface area contributed by atoms with Crippen LogP contribution in [0.2, 0.25) is 0 Å². The summed E-state index contributed by atoms with van der Waals surface area (Å²) in [7, 11) is 0. The molecule has 0 aliphatic rings. The molecule has 0 radical (unpaired) electrons. The van der Waals surface area contributed by atoms with Gasteiger partial charge in [0.15, 0.2) is 0 Å². The van der Waals surface area contributed by atoms with E-state index in [0.717, 1.165) is 83.8 Å². The molecule has 52 heavy (non-hydrogen) atoms. The van der Waals surface area contributed by atoms with Crippen molar-refractivity contribution in [2.45, 2.75) is 226 Å². The molecule has 0 heterocycles. The number of nitrogens with zero attached hydrogens (tertiary/aromatic N) is 1. The van der Waals surface area contributed by atoms with Crippen molar-refractivity contribution in [3.05, 3.63) is 0 Å². The Morgan fingerprint density at radius 1 is 0.519 bits per heavy atom. The first kappa shape index (κ1) is 50.1. The highest BCUT2D eigenvalue weighted by Crippen LogP contribution is 2.17. The van der Waals surface area contributed by atoms with Crippen molar-refractivity contribution in [2.24, 2.45) is 0 Å². The van der Waals surface area contributed by atoms with Crippen LogP contribution >= 0.6 is 0 Å². The average molecular weight is 742 g/mol. The maximum Gasteiger partial charge on any atom is 0.508 e. The van der Waals surface area contributed by atoms with Crippen LogP contribution in [0.4, 0.5) is 4.79 Å². The first-order valence-corrected chi connectivity index (χ1v) is 22.0. The molecular weight excluding hydrogens is 658 g/mol. The molecule has 0 aromatic heterocycles. The Labute approximate surface area is 319 Å². The summed E-state index contributed by atoms with van der Waals surface area (Å²) < 4.78 is 11.1. The number of ether oxygens (including phenoxy) is 2. The van der Waals surface area contributed by atoms with Crippen LogP contribution in [0, 0.1) is 0 Å². The molecule has 0 bridgehead atoms. The van der Waals surface area contributed by atoms with E-state index < -0.39 is 12.1 Å². The van der Waals surface area contributed by atoms with Crippen LogP contribution < -0.4 is 0 Å². The van der Waals surface area contributed by atoms with Gasteiger partial charge in [0, 0.05) is 19.4 Å². The molecule has 1 unspecified atom stereocenters. The molecule has 0 amide bonds. The molecule has 0 aromatic carbocycles. The molecule has 9 nitrogen and oxygen atoms in total. The molecule has 0 saturated heterocycles. The predicted octanol–water partition coefficient (Wildman–Crippen LogP) is 12.5. The van der Waals surface area contributed by atoms with Gasteiger partial charge < -0.3 is 19.5 Å². The number of hydrogen-bond acceptors (Lipinski definition) is 8. The van der Waals surface area contributed by atoms with E-state index in [1.807, 2.05) is 0 Å². The van der Waals surface area contributed by atoms with Gasteiger partial charge in [-0.2, -0.15) is 4.89 Å². The van der Waals surface area contributed by atoms with Gasteiger partial charge in [0.25, 0.3) is 0 Å². The Morgan fingerprint density at radius 3 is 1.44 bits per heavy atom. The van der Waals surface area contributed by atoms with Crippen molar-refractivity contribution in [3.8, 4) is 0 Å². The number of unbranched alkanes of at least 4 members (excludes halogenated alkanes) is 23. The minimum Gasteiger partial charge on any atom is -0.481 e. The molecule has 9 heteroatoms. The Bertz CT molecular complexity index is 791. The van der Waals surface area contributed by atoms with Gasteiger partial charge in [-0.1, -0.05) is 162 Å². The lowest BCUT2D eigenvalue weighted by atomic mass is 10.0. The smallest absolute Gasteiger partial charge is 0.481 e. The summed E-state index contributed by atoms with van der Waals surface area (Å²) in [5, 5.41) is 8.66. The van der Waals surface area contributed by atoms with Gasteiger partial charge in [0.2, 0.25) is 0 Å². The zero-order valence-electron chi connectivity index (χ0n) is 34.3. The zero-order valence-corrected chi connectivity index (χ0v) is 34.3. The fourth-order valence-corrected chi connectivity index (χ4v) is 6.64. The summed E-state index contributed by atoms with van der Waals surface area (Å²) in [5.41, 5.74) is 0. The second-order valence-corrected chi connectivity index (χ2v) is 14.8. The second kappa shape index (κ2) is 40.3. The van der Waals surface area contributed by atoms with Crippen LogP contribution in [-0.4, -0.2) is 67.1 Å². The summed E-state index contributed by atoms with van der Waals surface area (Å²) in [6.45, 7) is 10.1. The quantitative estimate of drug-likeness (QED) is 0.0283. The first-order chi connectivity index (χ1) is 25.4. The SMILES string of the molecule is CCCCCCCCCCCCC(CCCOOC(=O)CCCCCCCCCCCCCCCCCC(=O)O)OC(=O)OCCCN(CC)CC. The van der Waals surface area contributed by atoms with E-state index in [1.165, 1.54) is 109 Å². The number of carbonyl (C=O) groups is 3. The van der Waals surface area contributed by atoms with Crippen LogP contribution in [0.5, 0.6) is 0 Å². The van der Waals surface area contributed by atoms with Crippen molar-refractivity contribution in [2.75, 3.05) is 32.8 Å². The number of aliphatic carboxylic acids is 1. The molecule has 0 spiro atoms. The fraction of sp³-hybridized carbons (Fsp3) is 0.930. The lowest BCUT2D eigenvalue weighted by molar-refractivity contribution is -0.273. The summed E-state index contributed by atoms with van der Waals surface area (Å²) in [6.07, 6.45) is 32.9. The van der Waals surface area contributed by atoms with E-state index >= 15 is 0 Å². The number of carbonyl (C=O) groups excluding carboxylic acids is 2. The van der Waals surface area contributed by atoms with Crippen molar-refractivity contribution in [1.82, 2.24) is 4.90 Å². The highest BCUT2D eigenvalue weighted by atomic mass is 17.2. The molecule has 1 atom stereocenters. The normalized spacial score (nSPS) is 11.9. The van der Waals surface area contributed by atoms with E-state index in [0.29, 0.717) is 32.3 Å². The number of rotatable bonds is 41. The highest BCUT2D eigenvalue weighted by molar-refractivity contribution is 5.68. The van der Waals surface area contributed by atoms with Gasteiger partial charge in [-0.3, -0.25) is 9.68 Å². The highest BCUT2D eigenvalue weighted by Gasteiger charge is 2.16. The van der Waals surface area contributed by atoms with Gasteiger partial charge in [-0.05, 0) is 58.0 Å². The van der Waals surface area contributed by atoms with Crippen LogP contribution in [0.3, 0.4) is 0 Å². The number of hydrogen-bond donors (Lipinski definition) is 1. The predicted molar refractivity (Wildman–Crippen MR) is 212 cm³/mol. The second-order valence-electron chi connectivity index (χ2n) is 14.8. The van der Waals surface area contributed by atoms with Gasteiger partial charge >= 0.3 is 18.1 Å². The Balaban J connectivity index is 3.96.